The molecule has 0 saturated carbocycles. The Balaban J connectivity index is 2.09. The highest BCUT2D eigenvalue weighted by atomic mass is 16.7. The number of fused-ring (bicyclic) bond motifs is 1. The number of carbonyl (C=O) groups excluding carboxylic acids is 2. The van der Waals surface area contributed by atoms with Crippen LogP contribution in [0, 0.1) is 0 Å². The van der Waals surface area contributed by atoms with Gasteiger partial charge in [0.2, 0.25) is 5.79 Å². The summed E-state index contributed by atoms with van der Waals surface area (Å²) >= 11 is 0. The molecule has 0 spiro atoms. The standard InChI is InChI=1S/C11H15NO6/c1-10(2,3)18-9(14)12-6-4-5(13)7-8(17-7)11(6,15)16/h4,7-8,15-16H,1-3H3,(H,12,14). The first kappa shape index (κ1) is 13.0. The topological polar surface area (TPSA) is 108 Å². The van der Waals surface area contributed by atoms with Crippen molar-refractivity contribution in [2.75, 3.05) is 0 Å². The minimum absolute atomic E-state index is 0.333. The van der Waals surface area contributed by atoms with Gasteiger partial charge >= 0.3 is 6.09 Å². The molecule has 0 bridgehead atoms. The molecule has 0 aromatic carbocycles. The van der Waals surface area contributed by atoms with E-state index in [4.69, 9.17) is 9.47 Å². The Morgan fingerprint density at radius 3 is 2.67 bits per heavy atom. The summed E-state index contributed by atoms with van der Waals surface area (Å²) in [5.41, 5.74) is -1.06. The number of aliphatic hydroxyl groups is 2. The molecular formula is C11H15NO6. The van der Waals surface area contributed by atoms with Gasteiger partial charge in [0.1, 0.15) is 5.60 Å². The molecule has 7 nitrogen and oxygen atoms in total. The Labute approximate surface area is 103 Å². The predicted octanol–water partition coefficient (Wildman–Crippen LogP) is -0.574. The van der Waals surface area contributed by atoms with Crippen molar-refractivity contribution >= 4 is 11.9 Å². The number of ketones is 1. The first-order valence-corrected chi connectivity index (χ1v) is 5.47. The van der Waals surface area contributed by atoms with Gasteiger partial charge in [-0.25, -0.2) is 4.79 Å². The van der Waals surface area contributed by atoms with Crippen molar-refractivity contribution in [2.45, 2.75) is 44.4 Å². The summed E-state index contributed by atoms with van der Waals surface area (Å²) in [5, 5.41) is 21.7. The molecule has 7 heteroatoms. The molecule has 0 aromatic rings. The molecule has 2 rings (SSSR count). The van der Waals surface area contributed by atoms with Crippen LogP contribution >= 0.6 is 0 Å². The number of carbonyl (C=O) groups is 2. The largest absolute Gasteiger partial charge is 0.444 e. The highest BCUT2D eigenvalue weighted by molar-refractivity contribution is 5.98. The van der Waals surface area contributed by atoms with Gasteiger partial charge in [0.15, 0.2) is 18.0 Å². The Hall–Kier alpha value is -1.44. The first-order valence-electron chi connectivity index (χ1n) is 5.47. The summed E-state index contributed by atoms with van der Waals surface area (Å²) in [6, 6.07) is 0. The van der Waals surface area contributed by atoms with Gasteiger partial charge in [-0.3, -0.25) is 10.1 Å². The normalized spacial score (nSPS) is 29.2. The van der Waals surface area contributed by atoms with Crippen molar-refractivity contribution in [3.05, 3.63) is 11.8 Å². The number of hydrogen-bond donors (Lipinski definition) is 3. The van der Waals surface area contributed by atoms with Crippen molar-refractivity contribution in [3.63, 3.8) is 0 Å². The molecule has 1 saturated heterocycles. The zero-order chi connectivity index (χ0) is 13.7. The molecule has 100 valence electrons. The van der Waals surface area contributed by atoms with Crippen LogP contribution in [0.25, 0.3) is 0 Å². The van der Waals surface area contributed by atoms with Crippen LogP contribution in [0.5, 0.6) is 0 Å². The Kier molecular flexibility index (Phi) is 2.73. The minimum atomic E-state index is -2.38. The Morgan fingerprint density at radius 1 is 1.50 bits per heavy atom. The molecule has 1 aliphatic carbocycles. The maximum Gasteiger partial charge on any atom is 0.412 e. The van der Waals surface area contributed by atoms with Crippen molar-refractivity contribution in [2.24, 2.45) is 0 Å². The molecule has 1 fully saturated rings. The Bertz CT molecular complexity index is 433. The third-order valence-electron chi connectivity index (χ3n) is 2.49. The summed E-state index contributed by atoms with van der Waals surface area (Å²) in [6.45, 7) is 4.99. The van der Waals surface area contributed by atoms with Gasteiger partial charge in [-0.2, -0.15) is 0 Å². The molecule has 1 amide bonds. The lowest BCUT2D eigenvalue weighted by Crippen LogP contribution is -2.49. The van der Waals surface area contributed by atoms with Crippen LogP contribution in [0.3, 0.4) is 0 Å². The maximum atomic E-state index is 11.5. The van der Waals surface area contributed by atoms with E-state index in [1.165, 1.54) is 0 Å². The van der Waals surface area contributed by atoms with Crippen molar-refractivity contribution < 1.29 is 29.3 Å². The van der Waals surface area contributed by atoms with Gasteiger partial charge in [-0.1, -0.05) is 0 Å². The second kappa shape index (κ2) is 3.78. The molecule has 3 N–H and O–H groups in total. The number of ether oxygens (including phenoxy) is 2. The van der Waals surface area contributed by atoms with Crippen LogP contribution < -0.4 is 5.32 Å². The fraction of sp³-hybridized carbons (Fsp3) is 0.636. The van der Waals surface area contributed by atoms with Gasteiger partial charge < -0.3 is 19.7 Å². The van der Waals surface area contributed by atoms with Crippen molar-refractivity contribution in [1.82, 2.24) is 5.32 Å². The number of nitrogens with one attached hydrogen (secondary N) is 1. The predicted molar refractivity (Wildman–Crippen MR) is 58.3 cm³/mol. The van der Waals surface area contributed by atoms with Gasteiger partial charge in [-0.15, -0.1) is 0 Å². The zero-order valence-corrected chi connectivity index (χ0v) is 10.3. The van der Waals surface area contributed by atoms with Gasteiger partial charge in [0, 0.05) is 6.08 Å². The molecule has 0 radical (unpaired) electrons. The molecule has 1 heterocycles. The fourth-order valence-electron chi connectivity index (χ4n) is 1.66. The highest BCUT2D eigenvalue weighted by Gasteiger charge is 2.62. The quantitative estimate of drug-likeness (QED) is 0.428. The number of alkyl carbamates (subject to hydrolysis) is 1. The lowest BCUT2D eigenvalue weighted by molar-refractivity contribution is -0.150. The number of rotatable bonds is 1. The van der Waals surface area contributed by atoms with E-state index in [9.17, 15) is 19.8 Å². The van der Waals surface area contributed by atoms with Crippen LogP contribution in [-0.4, -0.2) is 45.7 Å². The number of amides is 1. The van der Waals surface area contributed by atoms with Crippen molar-refractivity contribution in [3.8, 4) is 0 Å². The third-order valence-corrected chi connectivity index (χ3v) is 2.49. The first-order chi connectivity index (χ1) is 8.11. The zero-order valence-electron chi connectivity index (χ0n) is 10.3. The highest BCUT2D eigenvalue weighted by Crippen LogP contribution is 2.39. The van der Waals surface area contributed by atoms with E-state index in [1.54, 1.807) is 20.8 Å². The second-order valence-electron chi connectivity index (χ2n) is 5.29. The summed E-state index contributed by atoms with van der Waals surface area (Å²) < 4.78 is 9.78. The van der Waals surface area contributed by atoms with Crippen LogP contribution in [0.1, 0.15) is 20.8 Å². The molecular weight excluding hydrogens is 242 g/mol. The second-order valence-corrected chi connectivity index (χ2v) is 5.29. The van der Waals surface area contributed by atoms with Crippen LogP contribution in [0.4, 0.5) is 4.79 Å². The van der Waals surface area contributed by atoms with Crippen LogP contribution in [0.2, 0.25) is 0 Å². The van der Waals surface area contributed by atoms with Crippen molar-refractivity contribution in [1.29, 1.82) is 0 Å². The molecule has 18 heavy (non-hydrogen) atoms. The summed E-state index contributed by atoms with van der Waals surface area (Å²) in [6.07, 6.45) is -1.78. The van der Waals surface area contributed by atoms with Gasteiger partial charge in [0.25, 0.3) is 0 Å². The monoisotopic (exact) mass is 257 g/mol. The smallest absolute Gasteiger partial charge is 0.412 e. The van der Waals surface area contributed by atoms with Gasteiger partial charge in [-0.05, 0) is 20.8 Å². The third kappa shape index (κ3) is 2.38. The number of epoxide rings is 1. The lowest BCUT2D eigenvalue weighted by Gasteiger charge is -2.27. The summed E-state index contributed by atoms with van der Waals surface area (Å²) in [5.74, 6) is -2.79. The Morgan fingerprint density at radius 2 is 2.11 bits per heavy atom. The van der Waals surface area contributed by atoms with E-state index in [1.807, 2.05) is 0 Å². The minimum Gasteiger partial charge on any atom is -0.444 e. The van der Waals surface area contributed by atoms with Crippen LogP contribution in [0.15, 0.2) is 11.8 Å². The van der Waals surface area contributed by atoms with E-state index in [0.717, 1.165) is 6.08 Å². The van der Waals surface area contributed by atoms with Gasteiger partial charge in [0.05, 0.1) is 5.70 Å². The SMILES string of the molecule is CC(C)(C)OC(=O)NC1=CC(=O)C2OC2C1(O)O. The number of hydrogen-bond acceptors (Lipinski definition) is 6. The molecule has 1 aliphatic heterocycles. The van der Waals surface area contributed by atoms with E-state index >= 15 is 0 Å². The lowest BCUT2D eigenvalue weighted by atomic mass is 9.97. The summed E-state index contributed by atoms with van der Waals surface area (Å²) in [4.78, 5) is 22.9. The average Bonchev–Trinajstić information content (AvgIpc) is 2.91. The molecule has 2 unspecified atom stereocenters. The molecule has 2 atom stereocenters. The van der Waals surface area contributed by atoms with E-state index in [0.29, 0.717) is 0 Å². The van der Waals surface area contributed by atoms with E-state index in [-0.39, 0.29) is 5.70 Å². The van der Waals surface area contributed by atoms with E-state index < -0.39 is 35.5 Å². The molecule has 2 aliphatic rings. The summed E-state index contributed by atoms with van der Waals surface area (Å²) in [7, 11) is 0. The average molecular weight is 257 g/mol. The van der Waals surface area contributed by atoms with E-state index in [2.05, 4.69) is 5.32 Å². The van der Waals surface area contributed by atoms with Crippen LogP contribution in [-0.2, 0) is 14.3 Å². The molecule has 0 aromatic heterocycles. The maximum absolute atomic E-state index is 11.5. The fourth-order valence-corrected chi connectivity index (χ4v) is 1.66.